The first-order chi connectivity index (χ1) is 8.58. The third kappa shape index (κ3) is 2.57. The maximum Gasteiger partial charge on any atom is 0.374 e. The van der Waals surface area contributed by atoms with Crippen LogP contribution >= 0.6 is 0 Å². The molecule has 0 bridgehead atoms. The van der Waals surface area contributed by atoms with Crippen LogP contribution < -0.4 is 0 Å². The second-order valence-electron chi connectivity index (χ2n) is 4.89. The largest absolute Gasteiger partial charge is 0.463 e. The van der Waals surface area contributed by atoms with Crippen LogP contribution in [0.5, 0.6) is 0 Å². The van der Waals surface area contributed by atoms with E-state index in [1.807, 2.05) is 0 Å². The third-order valence-electron chi connectivity index (χ3n) is 3.26. The Morgan fingerprint density at radius 2 is 2.33 bits per heavy atom. The van der Waals surface area contributed by atoms with Gasteiger partial charge in [-0.15, -0.1) is 0 Å². The van der Waals surface area contributed by atoms with E-state index in [-0.39, 0.29) is 5.76 Å². The van der Waals surface area contributed by atoms with Crippen molar-refractivity contribution in [3.63, 3.8) is 0 Å². The Bertz CT molecular complexity index is 420. The zero-order chi connectivity index (χ0) is 13.2. The second-order valence-corrected chi connectivity index (χ2v) is 4.89. The van der Waals surface area contributed by atoms with E-state index in [0.29, 0.717) is 19.6 Å². The number of esters is 1. The highest BCUT2D eigenvalue weighted by molar-refractivity contribution is 5.87. The lowest BCUT2D eigenvalue weighted by Crippen LogP contribution is -2.61. The predicted molar refractivity (Wildman–Crippen MR) is 65.2 cm³/mol. The van der Waals surface area contributed by atoms with Gasteiger partial charge in [0.15, 0.2) is 0 Å². The van der Waals surface area contributed by atoms with Gasteiger partial charge in [0, 0.05) is 25.2 Å². The highest BCUT2D eigenvalue weighted by atomic mass is 16.5. The Hall–Kier alpha value is -1.33. The predicted octanol–water partition coefficient (Wildman–Crippen LogP) is 1.41. The van der Waals surface area contributed by atoms with Crippen LogP contribution in [0.25, 0.3) is 0 Å². The molecule has 0 spiro atoms. The van der Waals surface area contributed by atoms with Crippen LogP contribution in [0.4, 0.5) is 0 Å². The van der Waals surface area contributed by atoms with Gasteiger partial charge in [0.05, 0.1) is 19.0 Å². The molecule has 0 unspecified atom stereocenters. The summed E-state index contributed by atoms with van der Waals surface area (Å²) in [5, 5.41) is 10.1. The lowest BCUT2D eigenvalue weighted by Gasteiger charge is -2.46. The van der Waals surface area contributed by atoms with Crippen molar-refractivity contribution in [3.8, 4) is 0 Å². The van der Waals surface area contributed by atoms with Gasteiger partial charge < -0.3 is 14.3 Å². The van der Waals surface area contributed by atoms with E-state index in [0.717, 1.165) is 18.4 Å². The van der Waals surface area contributed by atoms with Crippen molar-refractivity contribution in [3.05, 3.63) is 23.7 Å². The molecule has 0 radical (unpaired) electrons. The van der Waals surface area contributed by atoms with Crippen LogP contribution in [-0.4, -0.2) is 41.8 Å². The van der Waals surface area contributed by atoms with Gasteiger partial charge in [-0.05, 0) is 12.5 Å². The molecule has 1 aliphatic heterocycles. The van der Waals surface area contributed by atoms with Crippen molar-refractivity contribution >= 4 is 5.97 Å². The second kappa shape index (κ2) is 5.12. The Morgan fingerprint density at radius 1 is 1.61 bits per heavy atom. The number of nitrogens with zero attached hydrogens (tertiary/aromatic N) is 1. The number of furan rings is 1. The van der Waals surface area contributed by atoms with Crippen molar-refractivity contribution < 1.29 is 19.1 Å². The van der Waals surface area contributed by atoms with Crippen LogP contribution in [0, 0.1) is 0 Å². The lowest BCUT2D eigenvalue weighted by molar-refractivity contribution is -0.106. The number of β-amino-alcohol motifs (C(OH)–C–C–N with tert-alkyl or cyclic N) is 1. The van der Waals surface area contributed by atoms with Crippen LogP contribution in [0.3, 0.4) is 0 Å². The number of carbonyl (C=O) groups is 1. The fourth-order valence-corrected chi connectivity index (χ4v) is 2.49. The highest BCUT2D eigenvalue weighted by Gasteiger charge is 2.40. The molecular weight excluding hydrogens is 234 g/mol. The minimum absolute atomic E-state index is 0.253. The quantitative estimate of drug-likeness (QED) is 0.804. The average molecular weight is 253 g/mol. The maximum atomic E-state index is 11.4. The number of hydrogen-bond acceptors (Lipinski definition) is 5. The smallest absolute Gasteiger partial charge is 0.374 e. The summed E-state index contributed by atoms with van der Waals surface area (Å²) in [6, 6.07) is 1.77. The molecule has 1 saturated heterocycles. The Kier molecular flexibility index (Phi) is 3.73. The zero-order valence-electron chi connectivity index (χ0n) is 10.8. The minimum atomic E-state index is -0.552. The Morgan fingerprint density at radius 3 is 2.94 bits per heavy atom. The molecule has 1 aromatic heterocycles. The molecule has 5 nitrogen and oxygen atoms in total. The summed E-state index contributed by atoms with van der Waals surface area (Å²) in [5.74, 6) is -0.206. The first-order valence-electron chi connectivity index (χ1n) is 6.17. The molecule has 1 fully saturated rings. The molecule has 1 aliphatic rings. The maximum absolute atomic E-state index is 11.4. The Balaban J connectivity index is 1.93. The molecule has 1 aromatic rings. The minimum Gasteiger partial charge on any atom is -0.463 e. The van der Waals surface area contributed by atoms with Gasteiger partial charge in [-0.25, -0.2) is 4.79 Å². The molecule has 2 rings (SSSR count). The highest BCUT2D eigenvalue weighted by Crippen LogP contribution is 2.28. The van der Waals surface area contributed by atoms with Gasteiger partial charge in [-0.3, -0.25) is 4.90 Å². The van der Waals surface area contributed by atoms with E-state index in [1.165, 1.54) is 13.4 Å². The Labute approximate surface area is 106 Å². The number of ether oxygens (including phenoxy) is 1. The third-order valence-corrected chi connectivity index (χ3v) is 3.26. The van der Waals surface area contributed by atoms with E-state index in [4.69, 9.17) is 4.42 Å². The first kappa shape index (κ1) is 13.1. The fraction of sp³-hybridized carbons (Fsp3) is 0.615. The normalized spacial score (nSPS) is 18.4. The number of rotatable bonds is 5. The van der Waals surface area contributed by atoms with Gasteiger partial charge in [-0.2, -0.15) is 0 Å². The van der Waals surface area contributed by atoms with Gasteiger partial charge in [-0.1, -0.05) is 13.3 Å². The number of likely N-dealkylation sites (tertiary alicyclic amines) is 1. The van der Waals surface area contributed by atoms with E-state index in [9.17, 15) is 9.90 Å². The van der Waals surface area contributed by atoms with Crippen molar-refractivity contribution in [2.75, 3.05) is 20.2 Å². The monoisotopic (exact) mass is 253 g/mol. The van der Waals surface area contributed by atoms with Crippen molar-refractivity contribution in [2.45, 2.75) is 31.9 Å². The number of hydrogen-bond donors (Lipinski definition) is 1. The number of carbonyl (C=O) groups excluding carboxylic acids is 1. The number of aliphatic hydroxyl groups is 1. The summed E-state index contributed by atoms with van der Waals surface area (Å²) in [6.45, 7) is 3.96. The summed E-state index contributed by atoms with van der Waals surface area (Å²) in [4.78, 5) is 13.5. The van der Waals surface area contributed by atoms with Gasteiger partial charge in [0.25, 0.3) is 0 Å². The van der Waals surface area contributed by atoms with E-state index in [2.05, 4.69) is 16.6 Å². The molecule has 0 aromatic carbocycles. The summed E-state index contributed by atoms with van der Waals surface area (Å²) < 4.78 is 9.77. The molecule has 5 heteroatoms. The molecule has 18 heavy (non-hydrogen) atoms. The fourth-order valence-electron chi connectivity index (χ4n) is 2.49. The number of methoxy groups -OCH3 is 1. The molecule has 2 heterocycles. The zero-order valence-corrected chi connectivity index (χ0v) is 10.8. The van der Waals surface area contributed by atoms with Gasteiger partial charge in [0.2, 0.25) is 5.76 Å². The van der Waals surface area contributed by atoms with Crippen molar-refractivity contribution in [1.82, 2.24) is 4.90 Å². The summed E-state index contributed by atoms with van der Waals surface area (Å²) >= 11 is 0. The van der Waals surface area contributed by atoms with Crippen LogP contribution in [0.15, 0.2) is 16.7 Å². The molecule has 100 valence electrons. The first-order valence-corrected chi connectivity index (χ1v) is 6.17. The SMILES string of the molecule is CCCC1(O)CN(Cc2ccoc2C(=O)OC)C1. The van der Waals surface area contributed by atoms with Crippen LogP contribution in [0.1, 0.15) is 35.9 Å². The molecule has 0 atom stereocenters. The van der Waals surface area contributed by atoms with Gasteiger partial charge in [0.1, 0.15) is 0 Å². The molecule has 0 amide bonds. The topological polar surface area (TPSA) is 62.9 Å². The summed E-state index contributed by atoms with van der Waals surface area (Å²) in [5.41, 5.74) is 0.254. The van der Waals surface area contributed by atoms with E-state index < -0.39 is 11.6 Å². The molecular formula is C13H19NO4. The van der Waals surface area contributed by atoms with Crippen molar-refractivity contribution in [1.29, 1.82) is 0 Å². The van der Waals surface area contributed by atoms with Crippen LogP contribution in [-0.2, 0) is 11.3 Å². The standard InChI is InChI=1S/C13H19NO4/c1-3-5-13(16)8-14(9-13)7-10-4-6-18-11(10)12(15)17-2/h4,6,16H,3,5,7-9H2,1-2H3. The lowest BCUT2D eigenvalue weighted by atomic mass is 9.89. The van der Waals surface area contributed by atoms with E-state index >= 15 is 0 Å². The average Bonchev–Trinajstić information content (AvgIpc) is 2.74. The summed E-state index contributed by atoms with van der Waals surface area (Å²) in [7, 11) is 1.33. The molecule has 1 N–H and O–H groups in total. The van der Waals surface area contributed by atoms with Crippen molar-refractivity contribution in [2.24, 2.45) is 0 Å². The molecule has 0 saturated carbocycles. The van der Waals surface area contributed by atoms with E-state index in [1.54, 1.807) is 6.07 Å². The summed E-state index contributed by atoms with van der Waals surface area (Å²) in [6.07, 6.45) is 3.28. The molecule has 0 aliphatic carbocycles. The van der Waals surface area contributed by atoms with Gasteiger partial charge >= 0.3 is 5.97 Å². The van der Waals surface area contributed by atoms with Crippen LogP contribution in [0.2, 0.25) is 0 Å².